The van der Waals surface area contributed by atoms with Gasteiger partial charge in [-0.25, -0.2) is 9.78 Å². The van der Waals surface area contributed by atoms with Gasteiger partial charge in [-0.05, 0) is 12.1 Å². The lowest BCUT2D eigenvalue weighted by Crippen LogP contribution is -2.36. The molecule has 0 saturated carbocycles. The van der Waals surface area contributed by atoms with Gasteiger partial charge in [-0.15, -0.1) is 0 Å². The van der Waals surface area contributed by atoms with Crippen LogP contribution in [0.5, 0.6) is 0 Å². The number of fused-ring (bicyclic) bond motifs is 3. The van der Waals surface area contributed by atoms with Crippen molar-refractivity contribution in [2.45, 2.75) is 18.7 Å². The summed E-state index contributed by atoms with van der Waals surface area (Å²) in [5.74, 6) is 0. The Morgan fingerprint density at radius 3 is 3.04 bits per heavy atom. The summed E-state index contributed by atoms with van der Waals surface area (Å²) in [4.78, 5) is 25.3. The Balaban J connectivity index is 1.51. The minimum atomic E-state index is -4.47. The van der Waals surface area contributed by atoms with E-state index in [4.69, 9.17) is 4.74 Å². The molecule has 4 rings (SSSR count). The van der Waals surface area contributed by atoms with E-state index in [9.17, 15) is 18.0 Å². The molecule has 0 bridgehead atoms. The van der Waals surface area contributed by atoms with E-state index in [1.165, 1.54) is 0 Å². The Bertz CT molecular complexity index is 988. The van der Waals surface area contributed by atoms with Crippen LogP contribution in [0.3, 0.4) is 0 Å². The number of carbonyl (C=O) groups excluding carboxylic acids is 1. The van der Waals surface area contributed by atoms with Gasteiger partial charge in [0.25, 0.3) is 0 Å². The van der Waals surface area contributed by atoms with Gasteiger partial charge < -0.3 is 19.9 Å². The highest BCUT2D eigenvalue weighted by atomic mass is 19.4. The predicted molar refractivity (Wildman–Crippen MR) is 92.6 cm³/mol. The Labute approximate surface area is 151 Å². The summed E-state index contributed by atoms with van der Waals surface area (Å²) in [6.07, 6.45) is -0.304. The number of ether oxygens (including phenoxy) is 1. The highest BCUT2D eigenvalue weighted by molar-refractivity contribution is 6.10. The number of alkyl halides is 3. The smallest absolute Gasteiger partial charge is 0.407 e. The molecule has 3 aromatic rings. The van der Waals surface area contributed by atoms with Crippen LogP contribution in [0.15, 0.2) is 30.7 Å². The molecular weight excluding hydrogens is 363 g/mol. The monoisotopic (exact) mass is 379 g/mol. The molecule has 10 heteroatoms. The highest BCUT2D eigenvalue weighted by Gasteiger charge is 2.31. The minimum absolute atomic E-state index is 0.396. The molecule has 1 aliphatic heterocycles. The van der Waals surface area contributed by atoms with Crippen molar-refractivity contribution in [3.63, 3.8) is 0 Å². The van der Waals surface area contributed by atoms with E-state index in [2.05, 4.69) is 15.0 Å². The highest BCUT2D eigenvalue weighted by Crippen LogP contribution is 2.33. The summed E-state index contributed by atoms with van der Waals surface area (Å²) >= 11 is 0. The number of halogens is 3. The third-order valence-electron chi connectivity index (χ3n) is 4.46. The number of anilines is 1. The molecule has 1 amide bonds. The van der Waals surface area contributed by atoms with Gasteiger partial charge in [-0.3, -0.25) is 4.98 Å². The zero-order valence-corrected chi connectivity index (χ0v) is 14.1. The van der Waals surface area contributed by atoms with Gasteiger partial charge >= 0.3 is 12.3 Å². The summed E-state index contributed by atoms with van der Waals surface area (Å²) < 4.78 is 41.6. The van der Waals surface area contributed by atoms with Crippen LogP contribution < -0.4 is 10.2 Å². The summed E-state index contributed by atoms with van der Waals surface area (Å²) in [5, 5.41) is 3.60. The van der Waals surface area contributed by atoms with E-state index in [0.717, 1.165) is 27.6 Å². The molecule has 7 nitrogen and oxygen atoms in total. The van der Waals surface area contributed by atoms with Crippen molar-refractivity contribution in [2.75, 3.05) is 24.5 Å². The van der Waals surface area contributed by atoms with Crippen molar-refractivity contribution in [3.05, 3.63) is 30.7 Å². The molecule has 2 N–H and O–H groups in total. The van der Waals surface area contributed by atoms with Crippen molar-refractivity contribution < 1.29 is 22.7 Å². The van der Waals surface area contributed by atoms with Crippen LogP contribution >= 0.6 is 0 Å². The fraction of sp³-hybridized carbons (Fsp3) is 0.353. The van der Waals surface area contributed by atoms with Crippen LogP contribution in [0.1, 0.15) is 6.42 Å². The lowest BCUT2D eigenvalue weighted by molar-refractivity contribution is -0.124. The maximum Gasteiger partial charge on any atom is 0.407 e. The largest absolute Gasteiger partial charge is 0.444 e. The number of nitrogens with zero attached hydrogens (tertiary/aromatic N) is 3. The number of aromatic nitrogens is 3. The molecule has 3 aromatic heterocycles. The molecule has 0 aromatic carbocycles. The Kier molecular flexibility index (Phi) is 4.25. The molecule has 4 heterocycles. The van der Waals surface area contributed by atoms with Gasteiger partial charge in [0, 0.05) is 41.8 Å². The first-order valence-corrected chi connectivity index (χ1v) is 8.38. The number of pyridine rings is 2. The van der Waals surface area contributed by atoms with Crippen LogP contribution in [0, 0.1) is 0 Å². The van der Waals surface area contributed by atoms with E-state index in [-0.39, 0.29) is 0 Å². The third kappa shape index (κ3) is 3.60. The Hall–Kier alpha value is -3.04. The maximum atomic E-state index is 12.2. The minimum Gasteiger partial charge on any atom is -0.444 e. The normalized spacial score (nSPS) is 17.6. The third-order valence-corrected chi connectivity index (χ3v) is 4.46. The molecule has 1 aliphatic rings. The first-order valence-electron chi connectivity index (χ1n) is 8.38. The van der Waals surface area contributed by atoms with Gasteiger partial charge in [0.05, 0.1) is 18.3 Å². The van der Waals surface area contributed by atoms with Crippen molar-refractivity contribution in [2.24, 2.45) is 0 Å². The number of alkyl carbamates (subject to hydrolysis) is 1. The molecule has 0 radical (unpaired) electrons. The molecule has 142 valence electrons. The average molecular weight is 379 g/mol. The van der Waals surface area contributed by atoms with E-state index >= 15 is 0 Å². The zero-order chi connectivity index (χ0) is 19.0. The van der Waals surface area contributed by atoms with Crippen LogP contribution in [-0.2, 0) is 4.74 Å². The van der Waals surface area contributed by atoms with Crippen LogP contribution in [-0.4, -0.2) is 53.0 Å². The first kappa shape index (κ1) is 17.4. The number of carbonyl (C=O) groups is 1. The van der Waals surface area contributed by atoms with Crippen molar-refractivity contribution in [1.82, 2.24) is 20.3 Å². The van der Waals surface area contributed by atoms with Crippen LogP contribution in [0.2, 0.25) is 0 Å². The summed E-state index contributed by atoms with van der Waals surface area (Å²) in [5.41, 5.74) is 2.41. The lowest BCUT2D eigenvalue weighted by Gasteiger charge is -2.20. The Morgan fingerprint density at radius 2 is 2.22 bits per heavy atom. The fourth-order valence-corrected chi connectivity index (χ4v) is 3.31. The quantitative estimate of drug-likeness (QED) is 0.731. The fourth-order valence-electron chi connectivity index (χ4n) is 3.31. The van der Waals surface area contributed by atoms with Crippen LogP contribution in [0.25, 0.3) is 21.9 Å². The number of H-pyrrole nitrogens is 1. The molecule has 27 heavy (non-hydrogen) atoms. The van der Waals surface area contributed by atoms with Crippen molar-refractivity contribution in [3.8, 4) is 0 Å². The summed E-state index contributed by atoms with van der Waals surface area (Å²) in [6.45, 7) is -0.396. The molecule has 1 atom stereocenters. The second kappa shape index (κ2) is 6.60. The van der Waals surface area contributed by atoms with Crippen molar-refractivity contribution >= 4 is 33.7 Å². The predicted octanol–water partition coefficient (Wildman–Crippen LogP) is 2.98. The lowest BCUT2D eigenvalue weighted by atomic mass is 10.1. The van der Waals surface area contributed by atoms with E-state index in [1.807, 2.05) is 17.0 Å². The number of aromatic amines is 1. The van der Waals surface area contributed by atoms with Gasteiger partial charge in [0.1, 0.15) is 18.3 Å². The number of hydrogen-bond donors (Lipinski definition) is 2. The average Bonchev–Trinajstić information content (AvgIpc) is 3.28. The number of rotatable bonds is 3. The zero-order valence-electron chi connectivity index (χ0n) is 14.1. The van der Waals surface area contributed by atoms with E-state index in [0.29, 0.717) is 19.5 Å². The maximum absolute atomic E-state index is 12.2. The Morgan fingerprint density at radius 1 is 1.37 bits per heavy atom. The molecule has 0 aliphatic carbocycles. The summed E-state index contributed by atoms with van der Waals surface area (Å²) in [6, 6.07) is 3.80. The van der Waals surface area contributed by atoms with Gasteiger partial charge in [0.2, 0.25) is 0 Å². The molecule has 1 fully saturated rings. The van der Waals surface area contributed by atoms with E-state index < -0.39 is 24.9 Å². The standard InChI is InChI=1S/C17H16F3N5O2/c18-17(19,20)9-24-16(26)27-10-3-6-25(8-10)13-2-5-21-12-7-23-15-11(14(12)13)1-4-22-15/h1-2,4-5,7,10H,3,6,8-9H2,(H,22,23)(H,24,26). The molecule has 0 spiro atoms. The summed E-state index contributed by atoms with van der Waals surface area (Å²) in [7, 11) is 0. The molecule has 1 unspecified atom stereocenters. The number of nitrogens with one attached hydrogen (secondary N) is 2. The molecular formula is C17H16F3N5O2. The van der Waals surface area contributed by atoms with Gasteiger partial charge in [0.15, 0.2) is 0 Å². The van der Waals surface area contributed by atoms with E-state index in [1.54, 1.807) is 23.9 Å². The topological polar surface area (TPSA) is 83.1 Å². The van der Waals surface area contributed by atoms with Gasteiger partial charge in [-0.2, -0.15) is 13.2 Å². The number of hydrogen-bond acceptors (Lipinski definition) is 5. The SMILES string of the molecule is O=C(NCC(F)(F)F)OC1CCN(c2ccnc3cnc4[nH]ccc4c23)C1. The second-order valence-corrected chi connectivity index (χ2v) is 6.32. The second-order valence-electron chi connectivity index (χ2n) is 6.32. The molecule has 1 saturated heterocycles. The first-order chi connectivity index (χ1) is 12.9. The van der Waals surface area contributed by atoms with Crippen LogP contribution in [0.4, 0.5) is 23.7 Å². The van der Waals surface area contributed by atoms with Crippen molar-refractivity contribution in [1.29, 1.82) is 0 Å². The number of amides is 1. The van der Waals surface area contributed by atoms with Gasteiger partial charge in [-0.1, -0.05) is 0 Å².